The summed E-state index contributed by atoms with van der Waals surface area (Å²) < 4.78 is 16.3. The maximum absolute atomic E-state index is 5.69. The zero-order chi connectivity index (χ0) is 13.8. The Hall–Kier alpha value is -1.63. The van der Waals surface area contributed by atoms with Crippen LogP contribution in [0.2, 0.25) is 0 Å². The monoisotopic (exact) mass is 277 g/mol. The first-order valence-electron chi connectivity index (χ1n) is 6.83. The lowest BCUT2D eigenvalue weighted by Crippen LogP contribution is -2.45. The van der Waals surface area contributed by atoms with Gasteiger partial charge in [-0.2, -0.15) is 0 Å². The third-order valence-corrected chi connectivity index (χ3v) is 3.36. The molecule has 1 atom stereocenters. The van der Waals surface area contributed by atoms with E-state index in [9.17, 15) is 0 Å². The first-order valence-corrected chi connectivity index (χ1v) is 6.83. The highest BCUT2D eigenvalue weighted by Gasteiger charge is 2.21. The van der Waals surface area contributed by atoms with Gasteiger partial charge in [0.1, 0.15) is 0 Å². The molecule has 0 saturated carbocycles. The van der Waals surface area contributed by atoms with Crippen LogP contribution in [0, 0.1) is 0 Å². The van der Waals surface area contributed by atoms with Gasteiger partial charge < -0.3 is 19.0 Å². The van der Waals surface area contributed by atoms with Crippen molar-refractivity contribution in [2.75, 3.05) is 33.3 Å². The van der Waals surface area contributed by atoms with Gasteiger partial charge in [-0.1, -0.05) is 5.16 Å². The summed E-state index contributed by atoms with van der Waals surface area (Å²) in [5.74, 6) is 1.38. The molecule has 3 heterocycles. The van der Waals surface area contributed by atoms with Crippen molar-refractivity contribution in [3.05, 3.63) is 30.2 Å². The first-order chi connectivity index (χ1) is 9.85. The molecule has 3 rings (SSSR count). The van der Waals surface area contributed by atoms with E-state index in [0.717, 1.165) is 38.5 Å². The molecule has 1 aliphatic heterocycles. The van der Waals surface area contributed by atoms with E-state index in [1.807, 2.05) is 25.2 Å². The smallest absolute Gasteiger partial charge is 0.202 e. The van der Waals surface area contributed by atoms with E-state index >= 15 is 0 Å². The molecule has 0 bridgehead atoms. The molecule has 1 fully saturated rings. The van der Waals surface area contributed by atoms with E-state index in [1.165, 1.54) is 0 Å². The van der Waals surface area contributed by atoms with Crippen LogP contribution in [-0.2, 0) is 11.3 Å². The van der Waals surface area contributed by atoms with Crippen LogP contribution in [0.1, 0.15) is 5.69 Å². The van der Waals surface area contributed by atoms with Crippen LogP contribution in [0.15, 0.2) is 33.4 Å². The number of nitrogens with zero attached hydrogens (tertiary/aromatic N) is 2. The van der Waals surface area contributed by atoms with Crippen molar-refractivity contribution in [1.82, 2.24) is 15.4 Å². The molecule has 20 heavy (non-hydrogen) atoms. The van der Waals surface area contributed by atoms with E-state index < -0.39 is 0 Å². The molecule has 1 saturated heterocycles. The average Bonchev–Trinajstić information content (AvgIpc) is 3.10. The van der Waals surface area contributed by atoms with Crippen LogP contribution in [-0.4, -0.2) is 49.4 Å². The Kier molecular flexibility index (Phi) is 4.15. The van der Waals surface area contributed by atoms with Crippen molar-refractivity contribution >= 4 is 0 Å². The van der Waals surface area contributed by atoms with Crippen LogP contribution in [0.4, 0.5) is 0 Å². The number of ether oxygens (including phenoxy) is 1. The molecule has 1 N–H and O–H groups in total. The molecule has 108 valence electrons. The van der Waals surface area contributed by atoms with Gasteiger partial charge >= 0.3 is 0 Å². The van der Waals surface area contributed by atoms with E-state index in [0.29, 0.717) is 11.5 Å². The van der Waals surface area contributed by atoms with Gasteiger partial charge in [0.05, 0.1) is 24.7 Å². The van der Waals surface area contributed by atoms with Gasteiger partial charge in [0.2, 0.25) is 5.76 Å². The van der Waals surface area contributed by atoms with Gasteiger partial charge in [0.25, 0.3) is 0 Å². The number of rotatable bonds is 5. The van der Waals surface area contributed by atoms with Crippen LogP contribution < -0.4 is 5.32 Å². The van der Waals surface area contributed by atoms with Crippen LogP contribution >= 0.6 is 0 Å². The molecule has 1 unspecified atom stereocenters. The number of nitrogens with one attached hydrogen (secondary N) is 1. The second kappa shape index (κ2) is 6.21. The zero-order valence-electron chi connectivity index (χ0n) is 11.5. The highest BCUT2D eigenvalue weighted by molar-refractivity contribution is 5.49. The fraction of sp³-hybridized carbons (Fsp3) is 0.500. The molecule has 2 aromatic heterocycles. The van der Waals surface area contributed by atoms with E-state index in [4.69, 9.17) is 13.7 Å². The minimum atomic E-state index is 0.241. The third kappa shape index (κ3) is 3.09. The van der Waals surface area contributed by atoms with Gasteiger partial charge in [-0.25, -0.2) is 0 Å². The number of likely N-dealkylation sites (N-methyl/N-ethyl adjacent to an activating group) is 1. The highest BCUT2D eigenvalue weighted by Crippen LogP contribution is 2.21. The topological polar surface area (TPSA) is 63.7 Å². The quantitative estimate of drug-likeness (QED) is 0.890. The lowest BCUT2D eigenvalue weighted by Gasteiger charge is -2.32. The highest BCUT2D eigenvalue weighted by atomic mass is 16.5. The van der Waals surface area contributed by atoms with E-state index in [2.05, 4.69) is 15.4 Å². The maximum atomic E-state index is 5.69. The van der Waals surface area contributed by atoms with E-state index in [1.54, 1.807) is 6.26 Å². The summed E-state index contributed by atoms with van der Waals surface area (Å²) in [7, 11) is 1.94. The predicted octanol–water partition coefficient (Wildman–Crippen LogP) is 1.35. The number of hydrogen-bond acceptors (Lipinski definition) is 6. The fourth-order valence-electron chi connectivity index (χ4n) is 2.43. The number of aromatic nitrogens is 1. The molecule has 0 aromatic carbocycles. The Morgan fingerprint density at radius 3 is 3.20 bits per heavy atom. The molecular formula is C14H19N3O3. The molecule has 0 aliphatic carbocycles. The summed E-state index contributed by atoms with van der Waals surface area (Å²) >= 11 is 0. The summed E-state index contributed by atoms with van der Waals surface area (Å²) in [5, 5.41) is 7.25. The van der Waals surface area contributed by atoms with Crippen molar-refractivity contribution < 1.29 is 13.7 Å². The Morgan fingerprint density at radius 2 is 2.40 bits per heavy atom. The van der Waals surface area contributed by atoms with Gasteiger partial charge in [-0.15, -0.1) is 0 Å². The molecule has 1 aliphatic rings. The SMILES string of the molecule is CNCC1CN(Cc2cc(-c3ccco3)on2)CCO1. The van der Waals surface area contributed by atoms with Crippen molar-refractivity contribution in [3.8, 4) is 11.5 Å². The summed E-state index contributed by atoms with van der Waals surface area (Å²) in [6.07, 6.45) is 1.87. The molecule has 2 aromatic rings. The molecule has 6 nitrogen and oxygen atoms in total. The van der Waals surface area contributed by atoms with Crippen molar-refractivity contribution in [1.29, 1.82) is 0 Å². The molecule has 0 amide bonds. The summed E-state index contributed by atoms with van der Waals surface area (Å²) in [6.45, 7) is 4.23. The van der Waals surface area contributed by atoms with Gasteiger partial charge in [0.15, 0.2) is 5.76 Å². The molecule has 6 heteroatoms. The van der Waals surface area contributed by atoms with Crippen molar-refractivity contribution in [2.45, 2.75) is 12.6 Å². The average molecular weight is 277 g/mol. The second-order valence-electron chi connectivity index (χ2n) is 4.95. The third-order valence-electron chi connectivity index (χ3n) is 3.36. The lowest BCUT2D eigenvalue weighted by atomic mass is 10.2. The Balaban J connectivity index is 1.60. The summed E-state index contributed by atoms with van der Waals surface area (Å²) in [5.41, 5.74) is 0.918. The van der Waals surface area contributed by atoms with Crippen LogP contribution in [0.25, 0.3) is 11.5 Å². The molecule has 0 spiro atoms. The molecule has 0 radical (unpaired) electrons. The van der Waals surface area contributed by atoms with Crippen LogP contribution in [0.5, 0.6) is 0 Å². The summed E-state index contributed by atoms with van der Waals surface area (Å²) in [6, 6.07) is 5.63. The fourth-order valence-corrected chi connectivity index (χ4v) is 2.43. The van der Waals surface area contributed by atoms with Gasteiger partial charge in [-0.05, 0) is 19.2 Å². The van der Waals surface area contributed by atoms with Gasteiger partial charge in [0, 0.05) is 32.2 Å². The number of hydrogen-bond donors (Lipinski definition) is 1. The predicted molar refractivity (Wildman–Crippen MR) is 73.1 cm³/mol. The Morgan fingerprint density at radius 1 is 1.45 bits per heavy atom. The number of morpholine rings is 1. The first kappa shape index (κ1) is 13.4. The minimum Gasteiger partial charge on any atom is -0.461 e. The Labute approximate surface area is 117 Å². The van der Waals surface area contributed by atoms with Crippen molar-refractivity contribution in [3.63, 3.8) is 0 Å². The standard InChI is InChI=1S/C14H19N3O3/c1-15-8-12-10-17(4-6-18-12)9-11-7-14(20-16-11)13-3-2-5-19-13/h2-3,5,7,12,15H,4,6,8-10H2,1H3. The molecular weight excluding hydrogens is 258 g/mol. The minimum absolute atomic E-state index is 0.241. The van der Waals surface area contributed by atoms with Gasteiger partial charge in [-0.3, -0.25) is 4.90 Å². The second-order valence-corrected chi connectivity index (χ2v) is 4.95. The zero-order valence-corrected chi connectivity index (χ0v) is 11.5. The maximum Gasteiger partial charge on any atom is 0.202 e. The Bertz CT molecular complexity index is 522. The number of furan rings is 1. The largest absolute Gasteiger partial charge is 0.461 e. The summed E-state index contributed by atoms with van der Waals surface area (Å²) in [4.78, 5) is 2.33. The lowest BCUT2D eigenvalue weighted by molar-refractivity contribution is -0.0297. The van der Waals surface area contributed by atoms with E-state index in [-0.39, 0.29) is 6.10 Å². The van der Waals surface area contributed by atoms with Crippen molar-refractivity contribution in [2.24, 2.45) is 0 Å². The van der Waals surface area contributed by atoms with Crippen LogP contribution in [0.3, 0.4) is 0 Å². The normalized spacial score (nSPS) is 20.4.